The zero-order chi connectivity index (χ0) is 20.6. The van der Waals surface area contributed by atoms with Crippen LogP contribution in [0.3, 0.4) is 0 Å². The highest BCUT2D eigenvalue weighted by Crippen LogP contribution is 2.23. The standard InChI is InChI=1S/C24H19FO4/c25-20-13-11-17(12-14-20)21(26)15-16-22(27)29-24(19-9-5-2-6-10-19)23(28)18-7-3-1-4-8-18/h1-14,24H,15-16H2/t24-/m0/s1. The molecule has 0 aliphatic rings. The Labute approximate surface area is 167 Å². The molecule has 5 heteroatoms. The normalized spacial score (nSPS) is 11.5. The van der Waals surface area contributed by atoms with Crippen LogP contribution in [0.4, 0.5) is 4.39 Å². The van der Waals surface area contributed by atoms with E-state index >= 15 is 0 Å². The maximum absolute atomic E-state index is 13.0. The van der Waals surface area contributed by atoms with Gasteiger partial charge in [-0.3, -0.25) is 14.4 Å². The number of benzene rings is 3. The van der Waals surface area contributed by atoms with Crippen LogP contribution in [0.25, 0.3) is 0 Å². The number of carbonyl (C=O) groups is 3. The highest BCUT2D eigenvalue weighted by Gasteiger charge is 2.26. The number of Topliss-reactive ketones (excluding diaryl/α,β-unsaturated/α-hetero) is 2. The summed E-state index contributed by atoms with van der Waals surface area (Å²) in [6.45, 7) is 0. The molecule has 0 spiro atoms. The second kappa shape index (κ2) is 9.55. The van der Waals surface area contributed by atoms with Gasteiger partial charge in [-0.15, -0.1) is 0 Å². The van der Waals surface area contributed by atoms with Gasteiger partial charge >= 0.3 is 5.97 Å². The maximum atomic E-state index is 13.0. The van der Waals surface area contributed by atoms with E-state index in [-0.39, 0.29) is 24.4 Å². The first-order valence-electron chi connectivity index (χ1n) is 9.17. The lowest BCUT2D eigenvalue weighted by Crippen LogP contribution is -2.20. The summed E-state index contributed by atoms with van der Waals surface area (Å²) in [6.07, 6.45) is -1.36. The third-order valence-corrected chi connectivity index (χ3v) is 4.37. The van der Waals surface area contributed by atoms with Gasteiger partial charge in [-0.2, -0.15) is 0 Å². The molecule has 0 aromatic heterocycles. The molecule has 0 N–H and O–H groups in total. The molecule has 0 fully saturated rings. The van der Waals surface area contributed by atoms with E-state index in [1.807, 2.05) is 0 Å². The average molecular weight is 390 g/mol. The van der Waals surface area contributed by atoms with Crippen molar-refractivity contribution in [3.8, 4) is 0 Å². The molecule has 4 nitrogen and oxygen atoms in total. The van der Waals surface area contributed by atoms with Crippen LogP contribution in [0.2, 0.25) is 0 Å². The van der Waals surface area contributed by atoms with Gasteiger partial charge in [-0.25, -0.2) is 4.39 Å². The molecule has 146 valence electrons. The molecule has 3 aromatic carbocycles. The number of hydrogen-bond donors (Lipinski definition) is 0. The number of ether oxygens (including phenoxy) is 1. The second-order valence-corrected chi connectivity index (χ2v) is 6.44. The van der Waals surface area contributed by atoms with E-state index in [1.54, 1.807) is 60.7 Å². The Hall–Kier alpha value is -3.60. The second-order valence-electron chi connectivity index (χ2n) is 6.44. The van der Waals surface area contributed by atoms with Crippen molar-refractivity contribution in [3.63, 3.8) is 0 Å². The van der Waals surface area contributed by atoms with Gasteiger partial charge in [0.1, 0.15) is 5.82 Å². The third-order valence-electron chi connectivity index (χ3n) is 4.37. The van der Waals surface area contributed by atoms with Crippen LogP contribution in [0.1, 0.15) is 45.2 Å². The predicted molar refractivity (Wildman–Crippen MR) is 106 cm³/mol. The molecule has 0 saturated carbocycles. The van der Waals surface area contributed by atoms with Crippen molar-refractivity contribution in [1.82, 2.24) is 0 Å². The van der Waals surface area contributed by atoms with E-state index in [0.29, 0.717) is 16.7 Å². The molecule has 0 amide bonds. The molecule has 3 rings (SSSR count). The monoisotopic (exact) mass is 390 g/mol. The van der Waals surface area contributed by atoms with E-state index in [2.05, 4.69) is 0 Å². The summed E-state index contributed by atoms with van der Waals surface area (Å²) >= 11 is 0. The number of carbonyl (C=O) groups excluding carboxylic acids is 3. The quantitative estimate of drug-likeness (QED) is 0.403. The van der Waals surface area contributed by atoms with Crippen LogP contribution in [-0.4, -0.2) is 17.5 Å². The maximum Gasteiger partial charge on any atom is 0.307 e. The Balaban J connectivity index is 1.69. The summed E-state index contributed by atoms with van der Waals surface area (Å²) in [5, 5.41) is 0. The molecule has 0 radical (unpaired) electrons. The first kappa shape index (κ1) is 20.1. The first-order chi connectivity index (χ1) is 14.0. The van der Waals surface area contributed by atoms with Gasteiger partial charge in [0.15, 0.2) is 11.9 Å². The average Bonchev–Trinajstić information content (AvgIpc) is 2.77. The van der Waals surface area contributed by atoms with Gasteiger partial charge < -0.3 is 4.74 Å². The Morgan fingerprint density at radius 2 is 1.31 bits per heavy atom. The first-order valence-corrected chi connectivity index (χ1v) is 9.17. The molecule has 0 aliphatic heterocycles. The van der Waals surface area contributed by atoms with Crippen LogP contribution in [0.15, 0.2) is 84.9 Å². The van der Waals surface area contributed by atoms with Crippen LogP contribution < -0.4 is 0 Å². The highest BCUT2D eigenvalue weighted by molar-refractivity contribution is 6.01. The lowest BCUT2D eigenvalue weighted by atomic mass is 9.99. The molecule has 29 heavy (non-hydrogen) atoms. The van der Waals surface area contributed by atoms with Crippen molar-refractivity contribution >= 4 is 17.5 Å². The predicted octanol–water partition coefficient (Wildman–Crippen LogP) is 4.96. The zero-order valence-electron chi connectivity index (χ0n) is 15.6. The van der Waals surface area contributed by atoms with Crippen molar-refractivity contribution in [2.24, 2.45) is 0 Å². The zero-order valence-corrected chi connectivity index (χ0v) is 15.6. The summed E-state index contributed by atoms with van der Waals surface area (Å²) in [7, 11) is 0. The topological polar surface area (TPSA) is 60.4 Å². The molecule has 0 unspecified atom stereocenters. The minimum atomic E-state index is -1.09. The van der Waals surface area contributed by atoms with Crippen LogP contribution >= 0.6 is 0 Å². The minimum Gasteiger partial charge on any atom is -0.449 e. The Bertz CT molecular complexity index is 982. The number of hydrogen-bond acceptors (Lipinski definition) is 4. The van der Waals surface area contributed by atoms with Crippen molar-refractivity contribution < 1.29 is 23.5 Å². The summed E-state index contributed by atoms with van der Waals surface area (Å²) < 4.78 is 18.4. The number of halogens is 1. The number of ketones is 2. The van der Waals surface area contributed by atoms with E-state index in [4.69, 9.17) is 4.74 Å². The van der Waals surface area contributed by atoms with E-state index in [1.165, 1.54) is 24.3 Å². The molecule has 0 saturated heterocycles. The van der Waals surface area contributed by atoms with Gasteiger partial charge in [0.2, 0.25) is 5.78 Å². The molecule has 0 bridgehead atoms. The smallest absolute Gasteiger partial charge is 0.307 e. The van der Waals surface area contributed by atoms with E-state index < -0.39 is 17.9 Å². The molecular formula is C24H19FO4. The Kier molecular flexibility index (Phi) is 6.63. The van der Waals surface area contributed by atoms with Gasteiger partial charge in [0.05, 0.1) is 6.42 Å². The molecule has 0 heterocycles. The fourth-order valence-electron chi connectivity index (χ4n) is 2.84. The van der Waals surface area contributed by atoms with Crippen LogP contribution in [-0.2, 0) is 9.53 Å². The van der Waals surface area contributed by atoms with Gasteiger partial charge in [0.25, 0.3) is 0 Å². The lowest BCUT2D eigenvalue weighted by molar-refractivity contribution is -0.147. The summed E-state index contributed by atoms with van der Waals surface area (Å²) in [5.74, 6) is -1.73. The van der Waals surface area contributed by atoms with Gasteiger partial charge in [-0.1, -0.05) is 60.7 Å². The molecule has 1 atom stereocenters. The Morgan fingerprint density at radius 3 is 1.93 bits per heavy atom. The molecular weight excluding hydrogens is 371 g/mol. The summed E-state index contributed by atoms with van der Waals surface area (Å²) in [4.78, 5) is 37.4. The van der Waals surface area contributed by atoms with Crippen molar-refractivity contribution in [2.75, 3.05) is 0 Å². The summed E-state index contributed by atoms with van der Waals surface area (Å²) in [5.41, 5.74) is 1.30. The largest absolute Gasteiger partial charge is 0.449 e. The van der Waals surface area contributed by atoms with Gasteiger partial charge in [0, 0.05) is 23.1 Å². The SMILES string of the molecule is O=C(CCC(=O)c1ccc(F)cc1)O[C@H](C(=O)c1ccccc1)c1ccccc1. The third kappa shape index (κ3) is 5.45. The van der Waals surface area contributed by atoms with E-state index in [9.17, 15) is 18.8 Å². The fourth-order valence-corrected chi connectivity index (χ4v) is 2.84. The molecule has 0 aliphatic carbocycles. The van der Waals surface area contributed by atoms with Crippen molar-refractivity contribution in [1.29, 1.82) is 0 Å². The van der Waals surface area contributed by atoms with E-state index in [0.717, 1.165) is 0 Å². The van der Waals surface area contributed by atoms with Crippen molar-refractivity contribution in [3.05, 3.63) is 107 Å². The van der Waals surface area contributed by atoms with Gasteiger partial charge in [-0.05, 0) is 24.3 Å². The highest BCUT2D eigenvalue weighted by atomic mass is 19.1. The molecule has 3 aromatic rings. The lowest BCUT2D eigenvalue weighted by Gasteiger charge is -2.17. The fraction of sp³-hybridized carbons (Fsp3) is 0.125. The minimum absolute atomic E-state index is 0.0918. The Morgan fingerprint density at radius 1 is 0.724 bits per heavy atom. The summed E-state index contributed by atoms with van der Waals surface area (Å²) in [6, 6.07) is 22.4. The van der Waals surface area contributed by atoms with Crippen LogP contribution in [0, 0.1) is 5.82 Å². The number of esters is 1. The van der Waals surface area contributed by atoms with Crippen LogP contribution in [0.5, 0.6) is 0 Å². The number of rotatable bonds is 8. The van der Waals surface area contributed by atoms with Crippen molar-refractivity contribution in [2.45, 2.75) is 18.9 Å².